The topological polar surface area (TPSA) is 81.5 Å². The maximum atomic E-state index is 13.3. The number of sulfone groups is 1. The lowest BCUT2D eigenvalue weighted by atomic mass is 9.94. The monoisotopic (exact) mass is 397 g/mol. The summed E-state index contributed by atoms with van der Waals surface area (Å²) in [5.74, 6) is -1.63. The molecule has 0 saturated carbocycles. The molecule has 2 aromatic rings. The van der Waals surface area contributed by atoms with Crippen LogP contribution in [0.25, 0.3) is 0 Å². The number of amides is 1. The van der Waals surface area contributed by atoms with E-state index in [0.717, 1.165) is 18.5 Å². The van der Waals surface area contributed by atoms with Crippen LogP contribution in [-0.2, 0) is 21.1 Å². The Morgan fingerprint density at radius 3 is 2.70 bits per heavy atom. The van der Waals surface area contributed by atoms with Gasteiger partial charge in [-0.2, -0.15) is 5.10 Å². The molecule has 2 fully saturated rings. The van der Waals surface area contributed by atoms with E-state index in [0.29, 0.717) is 0 Å². The Hall–Kier alpha value is -2.33. The predicted molar refractivity (Wildman–Crippen MR) is 90.7 cm³/mol. The first-order chi connectivity index (χ1) is 12.8. The highest BCUT2D eigenvalue weighted by Gasteiger charge is 2.53. The van der Waals surface area contributed by atoms with E-state index < -0.39 is 32.3 Å². The maximum absolute atomic E-state index is 13.3. The normalized spacial score (nSPS) is 23.2. The number of hydrogen-bond donors (Lipinski definition) is 0. The second-order valence-corrected chi connectivity index (χ2v) is 9.26. The smallest absolute Gasteiger partial charge is 0.254 e. The molecule has 10 heteroatoms. The molecule has 1 spiro atoms. The third-order valence-corrected chi connectivity index (χ3v) is 7.09. The van der Waals surface area contributed by atoms with Gasteiger partial charge in [0.1, 0.15) is 16.7 Å². The number of ether oxygens (including phenoxy) is 1. The van der Waals surface area contributed by atoms with Crippen LogP contribution in [-0.4, -0.2) is 65.3 Å². The standard InChI is InChI=1S/C17H17F2N3O4S/c18-13-3-1-2-12(4-13)16(23)21-9-17(10-21)11-27(24,25)15(8-26-17)7-22-6-14(19)5-20-22/h1-6,15H,7-11H2/t15-/m0/s1. The molecule has 1 atom stereocenters. The Labute approximate surface area is 154 Å². The van der Waals surface area contributed by atoms with E-state index in [2.05, 4.69) is 5.10 Å². The molecular formula is C17H17F2N3O4S. The summed E-state index contributed by atoms with van der Waals surface area (Å²) in [6.07, 6.45) is 2.14. The Balaban J connectivity index is 1.40. The third-order valence-electron chi connectivity index (χ3n) is 4.86. The average Bonchev–Trinajstić information content (AvgIpc) is 2.99. The minimum Gasteiger partial charge on any atom is -0.369 e. The highest BCUT2D eigenvalue weighted by atomic mass is 32.2. The van der Waals surface area contributed by atoms with Crippen LogP contribution in [0.1, 0.15) is 10.4 Å². The van der Waals surface area contributed by atoms with Crippen molar-refractivity contribution in [3.05, 3.63) is 53.9 Å². The summed E-state index contributed by atoms with van der Waals surface area (Å²) in [5, 5.41) is 2.94. The van der Waals surface area contributed by atoms with E-state index in [1.54, 1.807) is 0 Å². The van der Waals surface area contributed by atoms with Crippen LogP contribution in [0.5, 0.6) is 0 Å². The van der Waals surface area contributed by atoms with Crippen molar-refractivity contribution >= 4 is 15.7 Å². The molecule has 0 bridgehead atoms. The first kappa shape index (κ1) is 18.1. The molecule has 1 aromatic heterocycles. The fourth-order valence-electron chi connectivity index (χ4n) is 3.49. The molecule has 3 heterocycles. The third kappa shape index (κ3) is 3.46. The highest BCUT2D eigenvalue weighted by Crippen LogP contribution is 2.34. The lowest BCUT2D eigenvalue weighted by molar-refractivity contribution is -0.121. The van der Waals surface area contributed by atoms with Gasteiger partial charge in [-0.05, 0) is 18.2 Å². The zero-order chi connectivity index (χ0) is 19.2. The molecule has 0 aliphatic carbocycles. The van der Waals surface area contributed by atoms with Crippen LogP contribution >= 0.6 is 0 Å². The van der Waals surface area contributed by atoms with Crippen LogP contribution in [0.4, 0.5) is 8.78 Å². The van der Waals surface area contributed by atoms with E-state index in [1.165, 1.54) is 27.8 Å². The lowest BCUT2D eigenvalue weighted by Crippen LogP contribution is -2.70. The fourth-order valence-corrected chi connectivity index (χ4v) is 5.38. The maximum Gasteiger partial charge on any atom is 0.254 e. The molecule has 2 saturated heterocycles. The van der Waals surface area contributed by atoms with Crippen LogP contribution in [0, 0.1) is 11.6 Å². The molecule has 2 aliphatic heterocycles. The largest absolute Gasteiger partial charge is 0.369 e. The van der Waals surface area contributed by atoms with Crippen molar-refractivity contribution in [1.82, 2.24) is 14.7 Å². The number of carbonyl (C=O) groups is 1. The van der Waals surface area contributed by atoms with Gasteiger partial charge in [0.05, 0.1) is 44.4 Å². The first-order valence-corrected chi connectivity index (χ1v) is 10.1. The Morgan fingerprint density at radius 1 is 1.30 bits per heavy atom. The van der Waals surface area contributed by atoms with E-state index in [1.807, 2.05) is 0 Å². The van der Waals surface area contributed by atoms with Crippen LogP contribution in [0.15, 0.2) is 36.7 Å². The van der Waals surface area contributed by atoms with Crippen LogP contribution < -0.4 is 0 Å². The molecule has 1 aromatic carbocycles. The minimum absolute atomic E-state index is 0.00820. The van der Waals surface area contributed by atoms with E-state index in [9.17, 15) is 22.0 Å². The zero-order valence-corrected chi connectivity index (χ0v) is 15.0. The van der Waals surface area contributed by atoms with Crippen molar-refractivity contribution in [2.24, 2.45) is 0 Å². The highest BCUT2D eigenvalue weighted by molar-refractivity contribution is 7.92. The van der Waals surface area contributed by atoms with E-state index >= 15 is 0 Å². The molecule has 2 aliphatic rings. The number of aromatic nitrogens is 2. The van der Waals surface area contributed by atoms with Gasteiger partial charge in [-0.1, -0.05) is 6.07 Å². The Bertz CT molecular complexity index is 986. The number of halogens is 2. The zero-order valence-electron chi connectivity index (χ0n) is 14.2. The number of rotatable bonds is 3. The molecule has 144 valence electrons. The molecule has 0 unspecified atom stereocenters. The van der Waals surface area contributed by atoms with Crippen molar-refractivity contribution in [2.45, 2.75) is 17.4 Å². The quantitative estimate of drug-likeness (QED) is 0.768. The lowest BCUT2D eigenvalue weighted by Gasteiger charge is -2.52. The summed E-state index contributed by atoms with van der Waals surface area (Å²) in [7, 11) is -3.51. The minimum atomic E-state index is -3.51. The summed E-state index contributed by atoms with van der Waals surface area (Å²) in [5.41, 5.74) is -0.727. The van der Waals surface area contributed by atoms with E-state index in [4.69, 9.17) is 4.74 Å². The molecule has 0 N–H and O–H groups in total. The molecule has 0 radical (unpaired) electrons. The van der Waals surface area contributed by atoms with Gasteiger partial charge in [0.15, 0.2) is 15.7 Å². The van der Waals surface area contributed by atoms with Gasteiger partial charge in [-0.25, -0.2) is 17.2 Å². The van der Waals surface area contributed by atoms with Crippen molar-refractivity contribution in [1.29, 1.82) is 0 Å². The van der Waals surface area contributed by atoms with Crippen molar-refractivity contribution < 1.29 is 26.7 Å². The van der Waals surface area contributed by atoms with Gasteiger partial charge >= 0.3 is 0 Å². The SMILES string of the molecule is O=C(c1cccc(F)c1)N1CC2(C1)CS(=O)(=O)[C@@H](Cn1cc(F)cn1)CO2. The van der Waals surface area contributed by atoms with Gasteiger partial charge in [-0.3, -0.25) is 9.48 Å². The molecule has 4 rings (SSSR count). The van der Waals surface area contributed by atoms with Gasteiger partial charge < -0.3 is 9.64 Å². The van der Waals surface area contributed by atoms with Gasteiger partial charge in [0, 0.05) is 5.56 Å². The number of hydrogen-bond acceptors (Lipinski definition) is 5. The van der Waals surface area contributed by atoms with Crippen molar-refractivity contribution in [3.63, 3.8) is 0 Å². The molecule has 1 amide bonds. The van der Waals surface area contributed by atoms with E-state index in [-0.39, 0.29) is 43.5 Å². The summed E-state index contributed by atoms with van der Waals surface area (Å²) < 4.78 is 58.6. The Morgan fingerprint density at radius 2 is 2.07 bits per heavy atom. The second kappa shape index (κ2) is 6.38. The fraction of sp³-hybridized carbons (Fsp3) is 0.412. The van der Waals surface area contributed by atoms with Crippen LogP contribution in [0.3, 0.4) is 0 Å². The number of nitrogens with zero attached hydrogens (tertiary/aromatic N) is 3. The summed E-state index contributed by atoms with van der Waals surface area (Å²) in [6, 6.07) is 5.35. The summed E-state index contributed by atoms with van der Waals surface area (Å²) >= 11 is 0. The molecule has 27 heavy (non-hydrogen) atoms. The van der Waals surface area contributed by atoms with Gasteiger partial charge in [0.25, 0.3) is 5.91 Å². The predicted octanol–water partition coefficient (Wildman–Crippen LogP) is 0.870. The molecule has 7 nitrogen and oxygen atoms in total. The first-order valence-electron chi connectivity index (χ1n) is 8.35. The molecular weight excluding hydrogens is 380 g/mol. The number of carbonyl (C=O) groups excluding carboxylic acids is 1. The van der Waals surface area contributed by atoms with Gasteiger partial charge in [-0.15, -0.1) is 0 Å². The van der Waals surface area contributed by atoms with Crippen molar-refractivity contribution in [3.8, 4) is 0 Å². The van der Waals surface area contributed by atoms with Gasteiger partial charge in [0.2, 0.25) is 0 Å². The number of likely N-dealkylation sites (tertiary alicyclic amines) is 1. The Kier molecular flexibility index (Phi) is 4.26. The number of benzene rings is 1. The van der Waals surface area contributed by atoms with Crippen molar-refractivity contribution in [2.75, 3.05) is 25.4 Å². The van der Waals surface area contributed by atoms with Crippen LogP contribution in [0.2, 0.25) is 0 Å². The second-order valence-electron chi connectivity index (χ2n) is 6.98. The summed E-state index contributed by atoms with van der Waals surface area (Å²) in [6.45, 7) is 0.218. The average molecular weight is 397 g/mol. The summed E-state index contributed by atoms with van der Waals surface area (Å²) in [4.78, 5) is 13.8.